The maximum atomic E-state index is 14.4. The van der Waals surface area contributed by atoms with Crippen molar-refractivity contribution >= 4 is 22.7 Å². The average molecular weight is 554 g/mol. The first-order valence-electron chi connectivity index (χ1n) is 13.9. The molecule has 8 heteroatoms. The zero-order chi connectivity index (χ0) is 28.9. The second kappa shape index (κ2) is 10.2. The summed E-state index contributed by atoms with van der Waals surface area (Å²) >= 11 is 0. The highest BCUT2D eigenvalue weighted by Gasteiger charge is 2.56. The van der Waals surface area contributed by atoms with Gasteiger partial charge in [0, 0.05) is 29.9 Å². The van der Waals surface area contributed by atoms with E-state index in [1.54, 1.807) is 24.0 Å². The summed E-state index contributed by atoms with van der Waals surface area (Å²) in [5.41, 5.74) is 3.44. The standard InChI is InChI=1S/C33H35N3O5/c1-20(2)41-27-14-13-22(16-28(27)40-5)25-18-36-29(37)19-35(17-21-9-8-10-23(15-21)39-4)32(38)33(36,3)31-30(25)24-11-6-7-12-26(24)34-31/h6-16,20,25,34H,17-19H2,1-5H3/t25-,33+/m1/s1. The van der Waals surface area contributed by atoms with Crippen LogP contribution in [-0.4, -0.2) is 60.0 Å². The van der Waals surface area contributed by atoms with E-state index in [4.69, 9.17) is 14.2 Å². The van der Waals surface area contributed by atoms with E-state index in [1.165, 1.54) is 0 Å². The first-order chi connectivity index (χ1) is 19.7. The predicted octanol–water partition coefficient (Wildman–Crippen LogP) is 5.20. The maximum Gasteiger partial charge on any atom is 0.255 e. The van der Waals surface area contributed by atoms with E-state index in [0.717, 1.165) is 33.3 Å². The number of carbonyl (C=O) groups is 2. The van der Waals surface area contributed by atoms with E-state index in [-0.39, 0.29) is 30.4 Å². The van der Waals surface area contributed by atoms with Gasteiger partial charge in [-0.1, -0.05) is 36.4 Å². The van der Waals surface area contributed by atoms with Crippen molar-refractivity contribution in [2.75, 3.05) is 27.3 Å². The zero-order valence-corrected chi connectivity index (χ0v) is 24.1. The molecule has 1 aromatic heterocycles. The largest absolute Gasteiger partial charge is 0.497 e. The number of aromatic amines is 1. The molecule has 1 saturated heterocycles. The number of amides is 2. The minimum atomic E-state index is -1.18. The summed E-state index contributed by atoms with van der Waals surface area (Å²) < 4.78 is 17.0. The number of nitrogens with zero attached hydrogens (tertiary/aromatic N) is 2. The molecular weight excluding hydrogens is 518 g/mol. The topological polar surface area (TPSA) is 84.1 Å². The molecule has 2 atom stereocenters. The Bertz CT molecular complexity index is 1640. The number of rotatable bonds is 7. The lowest BCUT2D eigenvalue weighted by molar-refractivity contribution is -0.166. The van der Waals surface area contributed by atoms with Crippen LogP contribution in [0.25, 0.3) is 10.9 Å². The third-order valence-electron chi connectivity index (χ3n) is 8.28. The minimum absolute atomic E-state index is 0.00209. The van der Waals surface area contributed by atoms with Crippen LogP contribution in [0.5, 0.6) is 17.2 Å². The van der Waals surface area contributed by atoms with Gasteiger partial charge in [-0.3, -0.25) is 9.59 Å². The van der Waals surface area contributed by atoms with Crippen LogP contribution in [0.2, 0.25) is 0 Å². The number of hydrogen-bond donors (Lipinski definition) is 1. The van der Waals surface area contributed by atoms with E-state index in [1.807, 2.05) is 81.4 Å². The molecule has 0 radical (unpaired) electrons. The van der Waals surface area contributed by atoms with Crippen LogP contribution in [-0.2, 0) is 21.7 Å². The lowest BCUT2D eigenvalue weighted by Gasteiger charge is -2.51. The fourth-order valence-electron chi connectivity index (χ4n) is 6.35. The number of ether oxygens (including phenoxy) is 3. The van der Waals surface area contributed by atoms with E-state index < -0.39 is 5.54 Å². The fourth-order valence-corrected chi connectivity index (χ4v) is 6.35. The Morgan fingerprint density at radius 1 is 0.976 bits per heavy atom. The summed E-state index contributed by atoms with van der Waals surface area (Å²) in [5, 5.41) is 1.04. The van der Waals surface area contributed by atoms with E-state index in [0.29, 0.717) is 30.3 Å². The van der Waals surface area contributed by atoms with Crippen LogP contribution in [0.4, 0.5) is 0 Å². The molecule has 2 aliphatic rings. The summed E-state index contributed by atoms with van der Waals surface area (Å²) in [4.78, 5) is 35.2. The smallest absolute Gasteiger partial charge is 0.255 e. The molecule has 0 unspecified atom stereocenters. The molecule has 0 saturated carbocycles. The fraction of sp³-hybridized carbons (Fsp3) is 0.333. The third-order valence-corrected chi connectivity index (χ3v) is 8.28. The molecule has 4 aromatic rings. The first-order valence-corrected chi connectivity index (χ1v) is 13.9. The number of carbonyl (C=O) groups excluding carboxylic acids is 2. The second-order valence-electron chi connectivity index (χ2n) is 11.2. The Kier molecular flexibility index (Phi) is 6.64. The third kappa shape index (κ3) is 4.38. The van der Waals surface area contributed by atoms with Gasteiger partial charge in [-0.2, -0.15) is 0 Å². The number of piperazine rings is 1. The number of fused-ring (bicyclic) bond motifs is 5. The van der Waals surface area contributed by atoms with Gasteiger partial charge in [0.2, 0.25) is 5.91 Å². The molecule has 2 amide bonds. The van der Waals surface area contributed by atoms with Crippen molar-refractivity contribution in [3.63, 3.8) is 0 Å². The Morgan fingerprint density at radius 2 is 1.78 bits per heavy atom. The van der Waals surface area contributed by atoms with Gasteiger partial charge in [0.15, 0.2) is 17.0 Å². The van der Waals surface area contributed by atoms with Crippen LogP contribution in [0.15, 0.2) is 66.7 Å². The number of hydrogen-bond acceptors (Lipinski definition) is 5. The molecule has 41 heavy (non-hydrogen) atoms. The van der Waals surface area contributed by atoms with Gasteiger partial charge in [0.1, 0.15) is 12.3 Å². The number of H-pyrrole nitrogens is 1. The van der Waals surface area contributed by atoms with E-state index >= 15 is 0 Å². The minimum Gasteiger partial charge on any atom is -0.497 e. The molecule has 212 valence electrons. The average Bonchev–Trinajstić information content (AvgIpc) is 3.37. The number of benzene rings is 3. The quantitative estimate of drug-likeness (QED) is 0.340. The lowest BCUT2D eigenvalue weighted by Crippen LogP contribution is -2.67. The Morgan fingerprint density at radius 3 is 2.54 bits per heavy atom. The van der Waals surface area contributed by atoms with Crippen LogP contribution in [0.1, 0.15) is 49.1 Å². The van der Waals surface area contributed by atoms with Gasteiger partial charge in [-0.05, 0) is 67.8 Å². The highest BCUT2D eigenvalue weighted by molar-refractivity contribution is 6.01. The normalized spacial score (nSPS) is 20.3. The molecule has 6 rings (SSSR count). The molecule has 1 N–H and O–H groups in total. The number of para-hydroxylation sites is 1. The van der Waals surface area contributed by atoms with Gasteiger partial charge in [0.25, 0.3) is 5.91 Å². The number of nitrogens with one attached hydrogen (secondary N) is 1. The van der Waals surface area contributed by atoms with Crippen molar-refractivity contribution in [3.8, 4) is 17.2 Å². The van der Waals surface area contributed by atoms with Crippen molar-refractivity contribution in [2.45, 2.75) is 44.9 Å². The Hall–Kier alpha value is -4.46. The van der Waals surface area contributed by atoms with Crippen LogP contribution >= 0.6 is 0 Å². The zero-order valence-electron chi connectivity index (χ0n) is 24.1. The van der Waals surface area contributed by atoms with Crippen LogP contribution < -0.4 is 14.2 Å². The summed E-state index contributed by atoms with van der Waals surface area (Å²) in [6.07, 6.45) is 0.00209. The molecule has 3 heterocycles. The molecular formula is C33H35N3O5. The van der Waals surface area contributed by atoms with Gasteiger partial charge in [-0.15, -0.1) is 0 Å². The number of aromatic nitrogens is 1. The maximum absolute atomic E-state index is 14.4. The Labute approximate surface area is 239 Å². The van der Waals surface area contributed by atoms with Crippen molar-refractivity contribution in [1.82, 2.24) is 14.8 Å². The second-order valence-corrected chi connectivity index (χ2v) is 11.2. The summed E-state index contributed by atoms with van der Waals surface area (Å²) in [7, 11) is 3.25. The summed E-state index contributed by atoms with van der Waals surface area (Å²) in [6, 6.07) is 21.6. The highest BCUT2D eigenvalue weighted by Crippen LogP contribution is 2.49. The molecule has 0 spiro atoms. The summed E-state index contributed by atoms with van der Waals surface area (Å²) in [5.74, 6) is 1.66. The molecule has 1 fully saturated rings. The summed E-state index contributed by atoms with van der Waals surface area (Å²) in [6.45, 7) is 6.53. The van der Waals surface area contributed by atoms with Gasteiger partial charge in [-0.25, -0.2) is 0 Å². The highest BCUT2D eigenvalue weighted by atomic mass is 16.5. The predicted molar refractivity (Wildman–Crippen MR) is 156 cm³/mol. The van der Waals surface area contributed by atoms with Crippen LogP contribution in [0, 0.1) is 0 Å². The van der Waals surface area contributed by atoms with Crippen LogP contribution in [0.3, 0.4) is 0 Å². The van der Waals surface area contributed by atoms with E-state index in [9.17, 15) is 9.59 Å². The van der Waals surface area contributed by atoms with Crippen molar-refractivity contribution in [3.05, 3.63) is 89.1 Å². The van der Waals surface area contributed by atoms with Gasteiger partial charge >= 0.3 is 0 Å². The van der Waals surface area contributed by atoms with Crippen molar-refractivity contribution in [2.24, 2.45) is 0 Å². The first kappa shape index (κ1) is 26.7. The lowest BCUT2D eigenvalue weighted by atomic mass is 9.76. The molecule has 2 aliphatic heterocycles. The van der Waals surface area contributed by atoms with Crippen molar-refractivity contribution < 1.29 is 23.8 Å². The van der Waals surface area contributed by atoms with Gasteiger partial charge < -0.3 is 29.0 Å². The Balaban J connectivity index is 1.46. The molecule has 0 bridgehead atoms. The van der Waals surface area contributed by atoms with E-state index in [2.05, 4.69) is 11.1 Å². The molecule has 0 aliphatic carbocycles. The monoisotopic (exact) mass is 553 g/mol. The molecule has 3 aromatic carbocycles. The van der Waals surface area contributed by atoms with Gasteiger partial charge in [0.05, 0.1) is 26.0 Å². The van der Waals surface area contributed by atoms with Crippen molar-refractivity contribution in [1.29, 1.82) is 0 Å². The molecule has 8 nitrogen and oxygen atoms in total. The SMILES string of the molecule is COc1cccc(CN2CC(=O)N3C[C@H](c4ccc(OC(C)C)c(OC)c4)c4c([nH]c5ccccc45)[C@@]3(C)C2=O)c1. The number of methoxy groups -OCH3 is 2.